The number of benzene rings is 1. The number of rotatable bonds is 1. The van der Waals surface area contributed by atoms with E-state index < -0.39 is 5.54 Å². The molecule has 1 heterocycles. The predicted octanol–water partition coefficient (Wildman–Crippen LogP) is 2.46. The molecule has 1 saturated carbocycles. The minimum Gasteiger partial charge on any atom is -0.491 e. The van der Waals surface area contributed by atoms with E-state index in [0.29, 0.717) is 13.2 Å². The topological polar surface area (TPSA) is 55.6 Å². The van der Waals surface area contributed by atoms with Crippen molar-refractivity contribution in [2.24, 2.45) is 5.73 Å². The third kappa shape index (κ3) is 2.40. The number of anilines is 1. The molecule has 1 amide bonds. The molecule has 0 aromatic heterocycles. The highest BCUT2D eigenvalue weighted by Crippen LogP contribution is 2.34. The lowest BCUT2D eigenvalue weighted by molar-refractivity contribution is -0.124. The summed E-state index contributed by atoms with van der Waals surface area (Å²) in [5.74, 6) is 0.855. The smallest absolute Gasteiger partial charge is 0.247 e. The van der Waals surface area contributed by atoms with Crippen molar-refractivity contribution >= 4 is 11.6 Å². The molecule has 108 valence electrons. The average Bonchev–Trinajstić information content (AvgIpc) is 2.69. The zero-order valence-corrected chi connectivity index (χ0v) is 11.8. The van der Waals surface area contributed by atoms with E-state index in [4.69, 9.17) is 10.5 Å². The molecule has 0 bridgehead atoms. The number of fused-ring (bicyclic) bond motifs is 1. The van der Waals surface area contributed by atoms with Gasteiger partial charge in [0.2, 0.25) is 5.91 Å². The normalized spacial score (nSPS) is 21.6. The van der Waals surface area contributed by atoms with E-state index in [1.54, 1.807) is 0 Å². The Morgan fingerprint density at radius 1 is 1.15 bits per heavy atom. The van der Waals surface area contributed by atoms with Gasteiger partial charge in [-0.3, -0.25) is 4.79 Å². The number of hydrogen-bond donors (Lipinski definition) is 1. The van der Waals surface area contributed by atoms with Gasteiger partial charge in [-0.2, -0.15) is 0 Å². The van der Waals surface area contributed by atoms with Crippen molar-refractivity contribution in [1.29, 1.82) is 0 Å². The molecule has 3 rings (SSSR count). The molecule has 0 unspecified atom stereocenters. The summed E-state index contributed by atoms with van der Waals surface area (Å²) in [4.78, 5) is 14.8. The van der Waals surface area contributed by atoms with Crippen LogP contribution in [0.5, 0.6) is 5.75 Å². The molecule has 1 aliphatic carbocycles. The van der Waals surface area contributed by atoms with Gasteiger partial charge in [0.05, 0.1) is 17.8 Å². The van der Waals surface area contributed by atoms with Gasteiger partial charge in [-0.15, -0.1) is 0 Å². The lowest BCUT2D eigenvalue weighted by Crippen LogP contribution is -2.56. The first-order chi connectivity index (χ1) is 9.71. The van der Waals surface area contributed by atoms with Gasteiger partial charge in [0, 0.05) is 6.54 Å². The highest BCUT2D eigenvalue weighted by atomic mass is 16.5. The standard InChI is InChI=1S/C16H22N2O2/c17-16(9-4-1-5-10-16)15(19)18-11-6-12-20-14-8-3-2-7-13(14)18/h2-3,7-8H,1,4-6,9-12,17H2. The Morgan fingerprint density at radius 3 is 2.70 bits per heavy atom. The van der Waals surface area contributed by atoms with Gasteiger partial charge in [0.1, 0.15) is 5.75 Å². The first kappa shape index (κ1) is 13.4. The molecule has 2 N–H and O–H groups in total. The van der Waals surface area contributed by atoms with E-state index in [2.05, 4.69) is 0 Å². The predicted molar refractivity (Wildman–Crippen MR) is 78.9 cm³/mol. The Morgan fingerprint density at radius 2 is 1.90 bits per heavy atom. The van der Waals surface area contributed by atoms with Crippen LogP contribution in [0, 0.1) is 0 Å². The van der Waals surface area contributed by atoms with Crippen LogP contribution in [-0.2, 0) is 4.79 Å². The number of hydrogen-bond acceptors (Lipinski definition) is 3. The fourth-order valence-corrected chi connectivity index (χ4v) is 3.20. The molecule has 2 aliphatic rings. The minimum atomic E-state index is -0.685. The summed E-state index contributed by atoms with van der Waals surface area (Å²) in [6.45, 7) is 1.34. The summed E-state index contributed by atoms with van der Waals surface area (Å²) in [6.07, 6.45) is 5.72. The minimum absolute atomic E-state index is 0.0650. The van der Waals surface area contributed by atoms with E-state index >= 15 is 0 Å². The van der Waals surface area contributed by atoms with Gasteiger partial charge in [-0.05, 0) is 31.4 Å². The maximum atomic E-state index is 12.9. The van der Waals surface area contributed by atoms with E-state index in [1.807, 2.05) is 29.2 Å². The zero-order valence-electron chi connectivity index (χ0n) is 11.8. The van der Waals surface area contributed by atoms with Crippen LogP contribution in [0.1, 0.15) is 38.5 Å². The Bertz CT molecular complexity index is 495. The maximum Gasteiger partial charge on any atom is 0.247 e. The number of nitrogens with two attached hydrogens (primary N) is 1. The van der Waals surface area contributed by atoms with Crippen LogP contribution in [-0.4, -0.2) is 24.6 Å². The lowest BCUT2D eigenvalue weighted by Gasteiger charge is -2.36. The monoisotopic (exact) mass is 274 g/mol. The molecule has 1 aromatic carbocycles. The molecule has 1 aliphatic heterocycles. The van der Waals surface area contributed by atoms with Crippen LogP contribution in [0.15, 0.2) is 24.3 Å². The van der Waals surface area contributed by atoms with E-state index in [-0.39, 0.29) is 5.91 Å². The molecule has 0 atom stereocenters. The Labute approximate surface area is 119 Å². The largest absolute Gasteiger partial charge is 0.491 e. The summed E-state index contributed by atoms with van der Waals surface area (Å²) in [5, 5.41) is 0. The number of carbonyl (C=O) groups excluding carboxylic acids is 1. The molecule has 4 nitrogen and oxygen atoms in total. The van der Waals surface area contributed by atoms with Crippen molar-refractivity contribution in [2.45, 2.75) is 44.1 Å². The molecular formula is C16H22N2O2. The van der Waals surface area contributed by atoms with Crippen molar-refractivity contribution in [3.05, 3.63) is 24.3 Å². The fraction of sp³-hybridized carbons (Fsp3) is 0.562. The SMILES string of the molecule is NC1(C(=O)N2CCCOc3ccccc32)CCCCC1. The lowest BCUT2D eigenvalue weighted by atomic mass is 9.81. The molecule has 20 heavy (non-hydrogen) atoms. The Hall–Kier alpha value is -1.55. The van der Waals surface area contributed by atoms with E-state index in [1.165, 1.54) is 6.42 Å². The Kier molecular flexibility index (Phi) is 3.66. The second-order valence-electron chi connectivity index (χ2n) is 5.84. The summed E-state index contributed by atoms with van der Waals surface area (Å²) in [7, 11) is 0. The highest BCUT2D eigenvalue weighted by molar-refractivity contribution is 6.01. The zero-order chi connectivity index (χ0) is 14.0. The second kappa shape index (κ2) is 5.44. The summed E-state index contributed by atoms with van der Waals surface area (Å²) in [6, 6.07) is 7.75. The average molecular weight is 274 g/mol. The van der Waals surface area contributed by atoms with E-state index in [0.717, 1.165) is 43.5 Å². The molecule has 1 aromatic rings. The molecule has 0 spiro atoms. The molecule has 1 fully saturated rings. The van der Waals surface area contributed by atoms with Gasteiger partial charge in [-0.25, -0.2) is 0 Å². The van der Waals surface area contributed by atoms with Gasteiger partial charge in [0.25, 0.3) is 0 Å². The summed E-state index contributed by atoms with van der Waals surface area (Å²) in [5.41, 5.74) is 6.59. The quantitative estimate of drug-likeness (QED) is 0.856. The van der Waals surface area contributed by atoms with Crippen LogP contribution in [0.3, 0.4) is 0 Å². The molecule has 4 heteroatoms. The van der Waals surface area contributed by atoms with Crippen molar-refractivity contribution < 1.29 is 9.53 Å². The number of para-hydroxylation sites is 2. The number of nitrogens with zero attached hydrogens (tertiary/aromatic N) is 1. The van der Waals surface area contributed by atoms with Crippen molar-refractivity contribution in [1.82, 2.24) is 0 Å². The van der Waals surface area contributed by atoms with Crippen molar-refractivity contribution in [3.8, 4) is 5.75 Å². The van der Waals surface area contributed by atoms with Crippen LogP contribution in [0.2, 0.25) is 0 Å². The van der Waals surface area contributed by atoms with Gasteiger partial charge in [0.15, 0.2) is 0 Å². The third-order valence-electron chi connectivity index (χ3n) is 4.36. The van der Waals surface area contributed by atoms with Crippen LogP contribution in [0.4, 0.5) is 5.69 Å². The maximum absolute atomic E-state index is 12.9. The van der Waals surface area contributed by atoms with Crippen molar-refractivity contribution in [2.75, 3.05) is 18.1 Å². The van der Waals surface area contributed by atoms with Crippen LogP contribution >= 0.6 is 0 Å². The second-order valence-corrected chi connectivity index (χ2v) is 5.84. The molecular weight excluding hydrogens is 252 g/mol. The van der Waals surface area contributed by atoms with E-state index in [9.17, 15) is 4.79 Å². The first-order valence-corrected chi connectivity index (χ1v) is 7.53. The highest BCUT2D eigenvalue weighted by Gasteiger charge is 2.39. The summed E-state index contributed by atoms with van der Waals surface area (Å²) >= 11 is 0. The molecule has 0 saturated heterocycles. The number of carbonyl (C=O) groups is 1. The van der Waals surface area contributed by atoms with Crippen LogP contribution < -0.4 is 15.4 Å². The molecule has 0 radical (unpaired) electrons. The first-order valence-electron chi connectivity index (χ1n) is 7.53. The fourth-order valence-electron chi connectivity index (χ4n) is 3.20. The van der Waals surface area contributed by atoms with Gasteiger partial charge >= 0.3 is 0 Å². The van der Waals surface area contributed by atoms with Crippen molar-refractivity contribution in [3.63, 3.8) is 0 Å². The number of ether oxygens (including phenoxy) is 1. The summed E-state index contributed by atoms with van der Waals surface area (Å²) < 4.78 is 5.71. The third-order valence-corrected chi connectivity index (χ3v) is 4.36. The van der Waals surface area contributed by atoms with Crippen LogP contribution in [0.25, 0.3) is 0 Å². The van der Waals surface area contributed by atoms with Gasteiger partial charge < -0.3 is 15.4 Å². The Balaban J connectivity index is 1.91. The number of amides is 1. The van der Waals surface area contributed by atoms with Gasteiger partial charge in [-0.1, -0.05) is 31.4 Å².